The number of rotatable bonds is 4. The van der Waals surface area contributed by atoms with Crippen molar-refractivity contribution in [1.82, 2.24) is 10.2 Å². The van der Waals surface area contributed by atoms with Gasteiger partial charge in [-0.3, -0.25) is 4.79 Å². The third kappa shape index (κ3) is 4.60. The fraction of sp³-hybridized carbons (Fsp3) is 0.933. The van der Waals surface area contributed by atoms with Gasteiger partial charge in [-0.2, -0.15) is 0 Å². The fourth-order valence-corrected chi connectivity index (χ4v) is 2.97. The molecule has 0 radical (unpaired) electrons. The van der Waals surface area contributed by atoms with E-state index >= 15 is 0 Å². The first-order valence-corrected chi connectivity index (χ1v) is 7.21. The van der Waals surface area contributed by atoms with Gasteiger partial charge in [-0.1, -0.05) is 40.0 Å². The third-order valence-corrected chi connectivity index (χ3v) is 3.97. The Hall–Kier alpha value is -0.570. The summed E-state index contributed by atoms with van der Waals surface area (Å²) in [5, 5.41) is 3.42. The molecule has 3 nitrogen and oxygen atoms in total. The lowest BCUT2D eigenvalue weighted by atomic mass is 9.79. The predicted octanol–water partition coefficient (Wildman–Crippen LogP) is 2.80. The van der Waals surface area contributed by atoms with E-state index < -0.39 is 0 Å². The highest BCUT2D eigenvalue weighted by Gasteiger charge is 2.33. The van der Waals surface area contributed by atoms with Gasteiger partial charge in [0, 0.05) is 25.6 Å². The minimum Gasteiger partial charge on any atom is -0.345 e. The van der Waals surface area contributed by atoms with Crippen molar-refractivity contribution in [2.75, 3.05) is 20.6 Å². The van der Waals surface area contributed by atoms with E-state index in [1.807, 2.05) is 19.0 Å². The Balaban J connectivity index is 2.56. The van der Waals surface area contributed by atoms with E-state index in [0.717, 1.165) is 19.4 Å². The lowest BCUT2D eigenvalue weighted by Crippen LogP contribution is -2.49. The zero-order valence-corrected chi connectivity index (χ0v) is 12.8. The maximum atomic E-state index is 12.3. The van der Waals surface area contributed by atoms with Crippen molar-refractivity contribution in [2.45, 2.75) is 64.8 Å². The molecule has 1 saturated carbocycles. The molecule has 1 rings (SSSR count). The monoisotopic (exact) mass is 254 g/mol. The topological polar surface area (TPSA) is 32.3 Å². The average molecular weight is 254 g/mol. The number of amides is 1. The van der Waals surface area contributed by atoms with Gasteiger partial charge in [-0.15, -0.1) is 0 Å². The summed E-state index contributed by atoms with van der Waals surface area (Å²) in [6.07, 6.45) is 6.73. The average Bonchev–Trinajstić information content (AvgIpc) is 2.28. The number of carbonyl (C=O) groups is 1. The fourth-order valence-electron chi connectivity index (χ4n) is 2.97. The molecule has 1 aliphatic rings. The molecule has 1 amide bonds. The second kappa shape index (κ2) is 6.05. The first kappa shape index (κ1) is 15.5. The molecule has 0 saturated heterocycles. The summed E-state index contributed by atoms with van der Waals surface area (Å²) in [5.41, 5.74) is 0.227. The van der Waals surface area contributed by atoms with Gasteiger partial charge in [-0.05, 0) is 25.3 Å². The van der Waals surface area contributed by atoms with Gasteiger partial charge >= 0.3 is 0 Å². The molecule has 18 heavy (non-hydrogen) atoms. The van der Waals surface area contributed by atoms with Crippen LogP contribution in [0.5, 0.6) is 0 Å². The summed E-state index contributed by atoms with van der Waals surface area (Å²) in [5.74, 6) is 0.279. The maximum absolute atomic E-state index is 12.3. The van der Waals surface area contributed by atoms with Crippen molar-refractivity contribution in [3.8, 4) is 0 Å². The summed E-state index contributed by atoms with van der Waals surface area (Å²) in [6.45, 7) is 7.34. The predicted molar refractivity (Wildman–Crippen MR) is 76.6 cm³/mol. The minimum atomic E-state index is 0.0570. The SMILES string of the molecule is CNC1(CC(=O)N(C)CC(C)(C)C)CCCCC1. The van der Waals surface area contributed by atoms with Crippen molar-refractivity contribution in [3.63, 3.8) is 0 Å². The molecule has 0 bridgehead atoms. The molecule has 0 unspecified atom stereocenters. The van der Waals surface area contributed by atoms with Crippen molar-refractivity contribution in [3.05, 3.63) is 0 Å². The molecule has 0 aromatic carbocycles. The van der Waals surface area contributed by atoms with Crippen LogP contribution in [-0.2, 0) is 4.79 Å². The van der Waals surface area contributed by atoms with Crippen LogP contribution in [0.25, 0.3) is 0 Å². The first-order valence-electron chi connectivity index (χ1n) is 7.21. The zero-order chi connectivity index (χ0) is 13.8. The second-order valence-electron chi connectivity index (χ2n) is 7.08. The second-order valence-corrected chi connectivity index (χ2v) is 7.08. The van der Waals surface area contributed by atoms with E-state index in [2.05, 4.69) is 26.1 Å². The summed E-state index contributed by atoms with van der Waals surface area (Å²) in [6, 6.07) is 0. The van der Waals surface area contributed by atoms with Crippen molar-refractivity contribution in [1.29, 1.82) is 0 Å². The van der Waals surface area contributed by atoms with E-state index in [4.69, 9.17) is 0 Å². The Bertz CT molecular complexity index is 275. The molecule has 106 valence electrons. The van der Waals surface area contributed by atoms with Gasteiger partial charge in [0.1, 0.15) is 0 Å². The lowest BCUT2D eigenvalue weighted by molar-refractivity contribution is -0.133. The van der Waals surface area contributed by atoms with Gasteiger partial charge in [0.05, 0.1) is 0 Å². The minimum absolute atomic E-state index is 0.0570. The largest absolute Gasteiger partial charge is 0.345 e. The smallest absolute Gasteiger partial charge is 0.224 e. The van der Waals surface area contributed by atoms with Gasteiger partial charge in [-0.25, -0.2) is 0 Å². The maximum Gasteiger partial charge on any atom is 0.224 e. The molecular formula is C15H30N2O. The van der Waals surface area contributed by atoms with Crippen molar-refractivity contribution >= 4 is 5.91 Å². The number of hydrogen-bond donors (Lipinski definition) is 1. The first-order chi connectivity index (χ1) is 8.28. The van der Waals surface area contributed by atoms with Crippen LogP contribution in [0.1, 0.15) is 59.3 Å². The molecule has 0 aromatic heterocycles. The van der Waals surface area contributed by atoms with Gasteiger partial charge < -0.3 is 10.2 Å². The quantitative estimate of drug-likeness (QED) is 0.836. The lowest BCUT2D eigenvalue weighted by Gasteiger charge is -2.38. The standard InChI is InChI=1S/C15H30N2O/c1-14(2,3)12-17(5)13(18)11-15(16-4)9-7-6-8-10-15/h16H,6-12H2,1-5H3. The Labute approximate surface area is 112 Å². The zero-order valence-electron chi connectivity index (χ0n) is 12.8. The Morgan fingerprint density at radius 2 is 1.78 bits per heavy atom. The van der Waals surface area contributed by atoms with Crippen molar-refractivity contribution < 1.29 is 4.79 Å². The van der Waals surface area contributed by atoms with Gasteiger partial charge in [0.15, 0.2) is 0 Å². The van der Waals surface area contributed by atoms with Gasteiger partial charge in [0.25, 0.3) is 0 Å². The van der Waals surface area contributed by atoms with Crippen LogP contribution in [-0.4, -0.2) is 37.0 Å². The molecule has 3 heteroatoms. The molecular weight excluding hydrogens is 224 g/mol. The van der Waals surface area contributed by atoms with Crippen LogP contribution in [0.2, 0.25) is 0 Å². The number of hydrogen-bond acceptors (Lipinski definition) is 2. The molecule has 1 fully saturated rings. The summed E-state index contributed by atoms with van der Waals surface area (Å²) >= 11 is 0. The highest BCUT2D eigenvalue weighted by molar-refractivity contribution is 5.77. The molecule has 0 aliphatic heterocycles. The van der Waals surface area contributed by atoms with Crippen LogP contribution in [0, 0.1) is 5.41 Å². The van der Waals surface area contributed by atoms with E-state index in [0.29, 0.717) is 6.42 Å². The number of nitrogens with one attached hydrogen (secondary N) is 1. The Morgan fingerprint density at radius 1 is 1.22 bits per heavy atom. The molecule has 0 atom stereocenters. The summed E-state index contributed by atoms with van der Waals surface area (Å²) in [7, 11) is 3.93. The van der Waals surface area contributed by atoms with Crippen LogP contribution in [0.15, 0.2) is 0 Å². The van der Waals surface area contributed by atoms with Gasteiger partial charge in [0.2, 0.25) is 5.91 Å². The number of nitrogens with zero attached hydrogens (tertiary/aromatic N) is 1. The highest BCUT2D eigenvalue weighted by Crippen LogP contribution is 2.31. The number of carbonyl (C=O) groups excluding carboxylic acids is 1. The normalized spacial score (nSPS) is 19.6. The Kier molecular flexibility index (Phi) is 5.20. The van der Waals surface area contributed by atoms with E-state index in [1.54, 1.807) is 0 Å². The Morgan fingerprint density at radius 3 is 2.22 bits per heavy atom. The molecule has 0 heterocycles. The van der Waals surface area contributed by atoms with E-state index in [-0.39, 0.29) is 16.9 Å². The van der Waals surface area contributed by atoms with E-state index in [9.17, 15) is 4.79 Å². The molecule has 0 spiro atoms. The van der Waals surface area contributed by atoms with Crippen LogP contribution in [0.4, 0.5) is 0 Å². The van der Waals surface area contributed by atoms with Crippen LogP contribution < -0.4 is 5.32 Å². The molecule has 1 N–H and O–H groups in total. The van der Waals surface area contributed by atoms with Crippen LogP contribution in [0.3, 0.4) is 0 Å². The van der Waals surface area contributed by atoms with E-state index in [1.165, 1.54) is 19.3 Å². The summed E-state index contributed by atoms with van der Waals surface area (Å²) < 4.78 is 0. The van der Waals surface area contributed by atoms with Crippen molar-refractivity contribution in [2.24, 2.45) is 5.41 Å². The highest BCUT2D eigenvalue weighted by atomic mass is 16.2. The van der Waals surface area contributed by atoms with Crippen LogP contribution >= 0.6 is 0 Å². The molecule has 1 aliphatic carbocycles. The third-order valence-electron chi connectivity index (χ3n) is 3.97. The summed E-state index contributed by atoms with van der Waals surface area (Å²) in [4.78, 5) is 14.2. The molecule has 0 aromatic rings.